The van der Waals surface area contributed by atoms with E-state index in [1.54, 1.807) is 4.90 Å². The summed E-state index contributed by atoms with van der Waals surface area (Å²) in [5.41, 5.74) is 1.17. The second kappa shape index (κ2) is 7.55. The van der Waals surface area contributed by atoms with E-state index in [1.807, 2.05) is 45.0 Å². The number of likely N-dealkylation sites (tertiary alicyclic amines) is 1. The molecule has 25 heavy (non-hydrogen) atoms. The van der Waals surface area contributed by atoms with E-state index in [4.69, 9.17) is 9.26 Å². The lowest BCUT2D eigenvalue weighted by atomic mass is 10.2. The van der Waals surface area contributed by atoms with Crippen molar-refractivity contribution in [3.63, 3.8) is 0 Å². The largest absolute Gasteiger partial charge is 0.484 e. The second-order valence-corrected chi connectivity index (χ2v) is 6.60. The number of ether oxygens (including phenoxy) is 1. The third-order valence-electron chi connectivity index (χ3n) is 4.09. The van der Waals surface area contributed by atoms with Crippen molar-refractivity contribution in [3.8, 4) is 5.75 Å². The number of carbonyl (C=O) groups is 1. The van der Waals surface area contributed by atoms with Crippen LogP contribution in [0.25, 0.3) is 0 Å². The van der Waals surface area contributed by atoms with Gasteiger partial charge >= 0.3 is 6.03 Å². The fourth-order valence-corrected chi connectivity index (χ4v) is 2.85. The highest BCUT2D eigenvalue weighted by Gasteiger charge is 2.33. The highest BCUT2D eigenvalue weighted by atomic mass is 16.5. The number of hydrogen-bond acceptors (Lipinski definition) is 5. The van der Waals surface area contributed by atoms with Gasteiger partial charge in [-0.2, -0.15) is 4.98 Å². The van der Waals surface area contributed by atoms with Gasteiger partial charge in [0, 0.05) is 12.6 Å². The Morgan fingerprint density at radius 1 is 1.40 bits per heavy atom. The van der Waals surface area contributed by atoms with E-state index in [9.17, 15) is 4.79 Å². The first-order valence-corrected chi connectivity index (χ1v) is 8.62. The van der Waals surface area contributed by atoms with E-state index in [1.165, 1.54) is 5.56 Å². The van der Waals surface area contributed by atoms with Crippen molar-refractivity contribution >= 4 is 6.03 Å². The van der Waals surface area contributed by atoms with Crippen molar-refractivity contribution in [2.75, 3.05) is 6.54 Å². The molecule has 0 aliphatic carbocycles. The molecule has 1 aromatic carbocycles. The Kier molecular flexibility index (Phi) is 5.21. The number of carbonyl (C=O) groups excluding carboxylic acids is 1. The number of aromatic nitrogens is 2. The predicted octanol–water partition coefficient (Wildman–Crippen LogP) is 3.21. The van der Waals surface area contributed by atoms with Crippen LogP contribution in [0.2, 0.25) is 0 Å². The maximum atomic E-state index is 12.3. The van der Waals surface area contributed by atoms with E-state index in [2.05, 4.69) is 15.5 Å². The molecule has 1 unspecified atom stereocenters. The van der Waals surface area contributed by atoms with Gasteiger partial charge in [0.25, 0.3) is 5.89 Å². The number of nitrogens with one attached hydrogen (secondary N) is 1. The Balaban J connectivity index is 1.62. The molecule has 1 atom stereocenters. The normalized spacial score (nSPS) is 17.1. The number of benzene rings is 1. The van der Waals surface area contributed by atoms with Crippen LogP contribution in [0, 0.1) is 6.92 Å². The van der Waals surface area contributed by atoms with E-state index >= 15 is 0 Å². The average molecular weight is 344 g/mol. The molecular formula is C18H24N4O3. The SMILES string of the molecule is Cc1ccc(OCc2nc(C3CCCN3C(=O)NC(C)C)no2)cc1. The van der Waals surface area contributed by atoms with Crippen molar-refractivity contribution in [1.82, 2.24) is 20.4 Å². The number of hydrogen-bond donors (Lipinski definition) is 1. The molecule has 2 heterocycles. The molecule has 0 spiro atoms. The summed E-state index contributed by atoms with van der Waals surface area (Å²) in [6.45, 7) is 6.82. The Hall–Kier alpha value is -2.57. The second-order valence-electron chi connectivity index (χ2n) is 6.60. The summed E-state index contributed by atoms with van der Waals surface area (Å²) in [5.74, 6) is 1.70. The molecule has 134 valence electrons. The van der Waals surface area contributed by atoms with Gasteiger partial charge in [-0.3, -0.25) is 0 Å². The van der Waals surface area contributed by atoms with Crippen LogP contribution < -0.4 is 10.1 Å². The van der Waals surface area contributed by atoms with Crippen LogP contribution in [-0.2, 0) is 6.61 Å². The highest BCUT2D eigenvalue weighted by Crippen LogP contribution is 2.30. The van der Waals surface area contributed by atoms with Gasteiger partial charge < -0.3 is 19.5 Å². The van der Waals surface area contributed by atoms with Crippen molar-refractivity contribution in [2.24, 2.45) is 0 Å². The van der Waals surface area contributed by atoms with Gasteiger partial charge in [-0.25, -0.2) is 4.79 Å². The first kappa shape index (κ1) is 17.3. The lowest BCUT2D eigenvalue weighted by molar-refractivity contribution is 0.187. The average Bonchev–Trinajstić information content (AvgIpc) is 3.22. The summed E-state index contributed by atoms with van der Waals surface area (Å²) in [4.78, 5) is 18.5. The van der Waals surface area contributed by atoms with Crippen LogP contribution in [0.5, 0.6) is 5.75 Å². The standard InChI is InChI=1S/C18H24N4O3/c1-12(2)19-18(23)22-10-4-5-15(22)17-20-16(25-21-17)11-24-14-8-6-13(3)7-9-14/h6-9,12,15H,4-5,10-11H2,1-3H3,(H,19,23). The van der Waals surface area contributed by atoms with Gasteiger partial charge in [-0.1, -0.05) is 22.9 Å². The smallest absolute Gasteiger partial charge is 0.318 e. The Labute approximate surface area is 147 Å². The molecule has 0 bridgehead atoms. The molecule has 1 N–H and O–H groups in total. The third kappa shape index (κ3) is 4.29. The lowest BCUT2D eigenvalue weighted by Crippen LogP contribution is -2.42. The number of urea groups is 1. The summed E-state index contributed by atoms with van der Waals surface area (Å²) in [6, 6.07) is 7.65. The number of rotatable bonds is 5. The molecule has 0 radical (unpaired) electrons. The minimum Gasteiger partial charge on any atom is -0.484 e. The van der Waals surface area contributed by atoms with Crippen LogP contribution >= 0.6 is 0 Å². The van der Waals surface area contributed by atoms with Gasteiger partial charge in [-0.15, -0.1) is 0 Å². The number of nitrogens with zero attached hydrogens (tertiary/aromatic N) is 3. The summed E-state index contributed by atoms with van der Waals surface area (Å²) in [6.07, 6.45) is 1.77. The molecule has 0 saturated carbocycles. The van der Waals surface area contributed by atoms with Crippen molar-refractivity contribution in [3.05, 3.63) is 41.5 Å². The van der Waals surface area contributed by atoms with Crippen molar-refractivity contribution < 1.29 is 14.1 Å². The first-order chi connectivity index (χ1) is 12.0. The highest BCUT2D eigenvalue weighted by molar-refractivity contribution is 5.75. The molecule has 1 fully saturated rings. The molecule has 7 nitrogen and oxygen atoms in total. The van der Waals surface area contributed by atoms with E-state index < -0.39 is 0 Å². The lowest BCUT2D eigenvalue weighted by Gasteiger charge is -2.23. The maximum absolute atomic E-state index is 12.3. The Bertz CT molecular complexity index is 711. The molecule has 1 aliphatic heterocycles. The zero-order valence-corrected chi connectivity index (χ0v) is 14.9. The Morgan fingerprint density at radius 2 is 2.16 bits per heavy atom. The molecule has 1 saturated heterocycles. The molecule has 3 rings (SSSR count). The van der Waals surface area contributed by atoms with E-state index in [0.29, 0.717) is 18.3 Å². The van der Waals surface area contributed by atoms with E-state index in [0.717, 1.165) is 18.6 Å². The maximum Gasteiger partial charge on any atom is 0.318 e. The molecular weight excluding hydrogens is 320 g/mol. The Morgan fingerprint density at radius 3 is 2.88 bits per heavy atom. The monoisotopic (exact) mass is 344 g/mol. The summed E-state index contributed by atoms with van der Waals surface area (Å²) >= 11 is 0. The van der Waals surface area contributed by atoms with E-state index in [-0.39, 0.29) is 24.7 Å². The van der Waals surface area contributed by atoms with Crippen LogP contribution in [0.3, 0.4) is 0 Å². The fourth-order valence-electron chi connectivity index (χ4n) is 2.85. The van der Waals surface area contributed by atoms with Crippen LogP contribution in [0.1, 0.15) is 50.0 Å². The topological polar surface area (TPSA) is 80.5 Å². The minimum atomic E-state index is -0.143. The number of amides is 2. The molecule has 1 aromatic heterocycles. The van der Waals surface area contributed by atoms with Gasteiger partial charge in [-0.05, 0) is 45.7 Å². The zero-order valence-electron chi connectivity index (χ0n) is 14.9. The fraction of sp³-hybridized carbons (Fsp3) is 0.500. The minimum absolute atomic E-state index is 0.0836. The predicted molar refractivity (Wildman–Crippen MR) is 92.2 cm³/mol. The molecule has 2 aromatic rings. The zero-order chi connectivity index (χ0) is 17.8. The summed E-state index contributed by atoms with van der Waals surface area (Å²) < 4.78 is 10.9. The molecule has 7 heteroatoms. The summed E-state index contributed by atoms with van der Waals surface area (Å²) in [5, 5.41) is 6.97. The van der Waals surface area contributed by atoms with Crippen LogP contribution in [-0.4, -0.2) is 33.7 Å². The van der Waals surface area contributed by atoms with Crippen LogP contribution in [0.15, 0.2) is 28.8 Å². The number of aryl methyl sites for hydroxylation is 1. The van der Waals surface area contributed by atoms with Gasteiger partial charge in [0.15, 0.2) is 12.4 Å². The quantitative estimate of drug-likeness (QED) is 0.901. The molecule has 1 aliphatic rings. The van der Waals surface area contributed by atoms with Gasteiger partial charge in [0.2, 0.25) is 0 Å². The van der Waals surface area contributed by atoms with Crippen molar-refractivity contribution in [1.29, 1.82) is 0 Å². The van der Waals surface area contributed by atoms with Gasteiger partial charge in [0.05, 0.1) is 6.04 Å². The van der Waals surface area contributed by atoms with Crippen molar-refractivity contribution in [2.45, 2.75) is 52.3 Å². The van der Waals surface area contributed by atoms with Gasteiger partial charge in [0.1, 0.15) is 5.75 Å². The molecule has 2 amide bonds. The van der Waals surface area contributed by atoms with Crippen LogP contribution in [0.4, 0.5) is 4.79 Å². The third-order valence-corrected chi connectivity index (χ3v) is 4.09. The summed E-state index contributed by atoms with van der Waals surface area (Å²) in [7, 11) is 0. The first-order valence-electron chi connectivity index (χ1n) is 8.62.